The van der Waals surface area contributed by atoms with E-state index in [1.165, 1.54) is 18.2 Å². The monoisotopic (exact) mass is 478 g/mol. The molecule has 188 valence electrons. The fourth-order valence-corrected chi connectivity index (χ4v) is 7.70. The number of fused-ring (bicyclic) bond motifs is 5. The number of ketones is 2. The molecule has 3 saturated carbocycles. The molecule has 0 bridgehead atoms. The molecule has 0 heterocycles. The summed E-state index contributed by atoms with van der Waals surface area (Å²) in [7, 11) is 0. The summed E-state index contributed by atoms with van der Waals surface area (Å²) in [5.41, 5.74) is -4.99. The van der Waals surface area contributed by atoms with Crippen molar-refractivity contribution >= 4 is 17.5 Å². The molecule has 0 radical (unpaired) electrons. The molecule has 9 unspecified atom stereocenters. The molecule has 0 aromatic carbocycles. The standard InChI is InChI=1S/C27H36F2O5/c1-14-9-16-17-11-19(28)18-10-15(30)7-8-26(18,6)27(17,29)21(32)12-25(16,5)22(14)20(31)13-34-23(33)24(2,3)4/h7-8,10,14,16-17,19,21-22,32H,9,11-13H2,1-6H3. The molecular weight excluding hydrogens is 442 g/mol. The third-order valence-corrected chi connectivity index (χ3v) is 9.27. The highest BCUT2D eigenvalue weighted by Gasteiger charge is 2.73. The third kappa shape index (κ3) is 3.36. The van der Waals surface area contributed by atoms with Crippen LogP contribution in [0, 0.1) is 39.9 Å². The summed E-state index contributed by atoms with van der Waals surface area (Å²) in [6.45, 7) is 10.1. The summed E-state index contributed by atoms with van der Waals surface area (Å²) < 4.78 is 37.8. The van der Waals surface area contributed by atoms with Crippen LogP contribution in [-0.4, -0.2) is 47.2 Å². The number of aliphatic hydroxyl groups is 1. The number of rotatable bonds is 3. The Bertz CT molecular complexity index is 980. The van der Waals surface area contributed by atoms with Crippen molar-refractivity contribution in [3.63, 3.8) is 0 Å². The van der Waals surface area contributed by atoms with E-state index in [1.807, 2.05) is 13.8 Å². The van der Waals surface area contributed by atoms with Crippen LogP contribution in [0.2, 0.25) is 0 Å². The number of aliphatic hydroxyl groups excluding tert-OH is 1. The summed E-state index contributed by atoms with van der Waals surface area (Å²) in [4.78, 5) is 37.4. The zero-order valence-corrected chi connectivity index (χ0v) is 20.9. The van der Waals surface area contributed by atoms with Gasteiger partial charge in [0.25, 0.3) is 0 Å². The number of hydrogen-bond acceptors (Lipinski definition) is 5. The molecular formula is C27H36F2O5. The first-order valence-corrected chi connectivity index (χ1v) is 12.2. The molecule has 7 heteroatoms. The van der Waals surface area contributed by atoms with Gasteiger partial charge in [0.05, 0.1) is 11.5 Å². The van der Waals surface area contributed by atoms with Crippen molar-refractivity contribution < 1.29 is 33.0 Å². The van der Waals surface area contributed by atoms with Crippen LogP contribution in [0.25, 0.3) is 0 Å². The second-order valence-corrected chi connectivity index (χ2v) is 12.4. The van der Waals surface area contributed by atoms with Gasteiger partial charge in [-0.3, -0.25) is 14.4 Å². The molecule has 0 aromatic rings. The molecule has 0 spiro atoms. The van der Waals surface area contributed by atoms with Crippen molar-refractivity contribution in [1.82, 2.24) is 0 Å². The average molecular weight is 479 g/mol. The van der Waals surface area contributed by atoms with Gasteiger partial charge < -0.3 is 9.84 Å². The van der Waals surface area contributed by atoms with Gasteiger partial charge in [-0.1, -0.05) is 19.9 Å². The number of carbonyl (C=O) groups excluding carboxylic acids is 3. The molecule has 0 aromatic heterocycles. The second-order valence-electron chi connectivity index (χ2n) is 12.4. The molecule has 4 aliphatic carbocycles. The number of ether oxygens (including phenoxy) is 1. The lowest BCUT2D eigenvalue weighted by atomic mass is 9.45. The molecule has 4 rings (SSSR count). The summed E-state index contributed by atoms with van der Waals surface area (Å²) in [5, 5.41) is 11.3. The Hall–Kier alpha value is -1.89. The van der Waals surface area contributed by atoms with E-state index in [0.717, 1.165) is 0 Å². The highest BCUT2D eigenvalue weighted by molar-refractivity contribution is 6.01. The smallest absolute Gasteiger partial charge is 0.311 e. The first-order chi connectivity index (χ1) is 15.6. The van der Waals surface area contributed by atoms with Gasteiger partial charge in [-0.05, 0) is 81.9 Å². The Morgan fingerprint density at radius 2 is 1.85 bits per heavy atom. The maximum Gasteiger partial charge on any atom is 0.311 e. The third-order valence-electron chi connectivity index (χ3n) is 9.27. The van der Waals surface area contributed by atoms with E-state index < -0.39 is 52.0 Å². The van der Waals surface area contributed by atoms with Gasteiger partial charge in [-0.25, -0.2) is 8.78 Å². The molecule has 3 fully saturated rings. The van der Waals surface area contributed by atoms with Crippen LogP contribution < -0.4 is 0 Å². The normalized spacial score (nSPS) is 45.7. The van der Waals surface area contributed by atoms with E-state index in [9.17, 15) is 19.5 Å². The van der Waals surface area contributed by atoms with Gasteiger partial charge in [0.15, 0.2) is 17.2 Å². The zero-order valence-electron chi connectivity index (χ0n) is 20.9. The number of allylic oxidation sites excluding steroid dienone is 4. The fourth-order valence-electron chi connectivity index (χ4n) is 7.70. The first kappa shape index (κ1) is 25.2. The predicted octanol–water partition coefficient (Wildman–Crippen LogP) is 4.33. The van der Waals surface area contributed by atoms with Gasteiger partial charge in [0.1, 0.15) is 12.8 Å². The Morgan fingerprint density at radius 1 is 1.21 bits per heavy atom. The van der Waals surface area contributed by atoms with Crippen molar-refractivity contribution in [2.24, 2.45) is 39.9 Å². The SMILES string of the molecule is CC1CC2C3CC(F)C4=CC(=O)C=CC4(C)C3(F)C(O)CC2(C)C1C(=O)COC(=O)C(C)(C)C. The summed E-state index contributed by atoms with van der Waals surface area (Å²) in [6, 6.07) is 0. The Kier molecular flexibility index (Phi) is 5.79. The van der Waals surface area contributed by atoms with Crippen molar-refractivity contribution in [2.75, 3.05) is 6.61 Å². The molecule has 1 N–H and O–H groups in total. The Morgan fingerprint density at radius 3 is 2.47 bits per heavy atom. The van der Waals surface area contributed by atoms with Crippen molar-refractivity contribution in [2.45, 2.75) is 78.7 Å². The van der Waals surface area contributed by atoms with E-state index >= 15 is 8.78 Å². The summed E-state index contributed by atoms with van der Waals surface area (Å²) in [5.74, 6) is -2.89. The van der Waals surface area contributed by atoms with Gasteiger partial charge in [0, 0.05) is 17.3 Å². The largest absolute Gasteiger partial charge is 0.457 e. The van der Waals surface area contributed by atoms with Crippen LogP contribution >= 0.6 is 0 Å². The number of carbonyl (C=O) groups is 3. The second kappa shape index (κ2) is 7.81. The Labute approximate surface area is 200 Å². The summed E-state index contributed by atoms with van der Waals surface area (Å²) in [6.07, 6.45) is 1.35. The molecule has 0 saturated heterocycles. The number of Topliss-reactive ketones (excluding diaryl/α,β-unsaturated/α-hetero) is 1. The van der Waals surface area contributed by atoms with Crippen LogP contribution in [0.5, 0.6) is 0 Å². The molecule has 5 nitrogen and oxygen atoms in total. The molecule has 9 atom stereocenters. The van der Waals surface area contributed by atoms with E-state index in [0.29, 0.717) is 6.42 Å². The molecule has 34 heavy (non-hydrogen) atoms. The number of hydrogen-bond donors (Lipinski definition) is 1. The van der Waals surface area contributed by atoms with Gasteiger partial charge in [0.2, 0.25) is 0 Å². The minimum absolute atomic E-state index is 0.0419. The lowest BCUT2D eigenvalue weighted by Crippen LogP contribution is -2.68. The molecule has 4 aliphatic rings. The minimum atomic E-state index is -2.15. The fraction of sp³-hybridized carbons (Fsp3) is 0.741. The van der Waals surface area contributed by atoms with Gasteiger partial charge >= 0.3 is 5.97 Å². The molecule has 0 aliphatic heterocycles. The van der Waals surface area contributed by atoms with Crippen LogP contribution in [0.3, 0.4) is 0 Å². The van der Waals surface area contributed by atoms with E-state index in [4.69, 9.17) is 4.74 Å². The minimum Gasteiger partial charge on any atom is -0.457 e. The first-order valence-electron chi connectivity index (χ1n) is 12.2. The lowest BCUT2D eigenvalue weighted by Gasteiger charge is -2.62. The maximum absolute atomic E-state index is 17.1. The Balaban J connectivity index is 1.67. The van der Waals surface area contributed by atoms with Crippen LogP contribution in [-0.2, 0) is 19.1 Å². The van der Waals surface area contributed by atoms with Gasteiger partial charge in [-0.2, -0.15) is 0 Å². The van der Waals surface area contributed by atoms with Crippen molar-refractivity contribution in [3.05, 3.63) is 23.8 Å². The highest BCUT2D eigenvalue weighted by atomic mass is 19.1. The van der Waals surface area contributed by atoms with Gasteiger partial charge in [-0.15, -0.1) is 0 Å². The maximum atomic E-state index is 17.1. The molecule has 0 amide bonds. The predicted molar refractivity (Wildman–Crippen MR) is 122 cm³/mol. The summed E-state index contributed by atoms with van der Waals surface area (Å²) >= 11 is 0. The highest BCUT2D eigenvalue weighted by Crippen LogP contribution is 2.70. The van der Waals surface area contributed by atoms with E-state index in [2.05, 4.69) is 0 Å². The number of esters is 1. The van der Waals surface area contributed by atoms with Crippen LogP contribution in [0.1, 0.15) is 60.8 Å². The van der Waals surface area contributed by atoms with E-state index in [1.54, 1.807) is 27.7 Å². The lowest BCUT2D eigenvalue weighted by molar-refractivity contribution is -0.202. The van der Waals surface area contributed by atoms with Crippen LogP contribution in [0.15, 0.2) is 23.8 Å². The van der Waals surface area contributed by atoms with E-state index in [-0.39, 0.29) is 48.4 Å². The quantitative estimate of drug-likeness (QED) is 0.611. The number of halogens is 2. The van der Waals surface area contributed by atoms with Crippen molar-refractivity contribution in [1.29, 1.82) is 0 Å². The average Bonchev–Trinajstić information content (AvgIpc) is 2.99. The van der Waals surface area contributed by atoms with Crippen LogP contribution in [0.4, 0.5) is 8.78 Å². The zero-order chi connectivity index (χ0) is 25.4. The van der Waals surface area contributed by atoms with Crippen molar-refractivity contribution in [3.8, 4) is 0 Å². The topological polar surface area (TPSA) is 80.7 Å². The number of alkyl halides is 2.